The SMILES string of the molecule is O=[N+]([O-])c1ccc(-c2[nH]c(-c3cccc([N+](=O)[O-])c3)nc2-c2ccc(Oc3ccc(-c4nc(-c5cccc([N+](=O)[O-])c5)[nH]c4-c4ccc([N+](=O)[O-])cc4)cc3)cc2)cc1. The van der Waals surface area contributed by atoms with Crippen LogP contribution in [0.2, 0.25) is 0 Å². The van der Waals surface area contributed by atoms with Crippen molar-refractivity contribution in [1.82, 2.24) is 19.9 Å². The van der Waals surface area contributed by atoms with E-state index in [2.05, 4.69) is 9.97 Å². The third-order valence-corrected chi connectivity index (χ3v) is 9.29. The second-order valence-corrected chi connectivity index (χ2v) is 13.0. The van der Waals surface area contributed by atoms with Crippen molar-refractivity contribution in [3.05, 3.63) is 186 Å². The van der Waals surface area contributed by atoms with Gasteiger partial charge in [0.25, 0.3) is 22.7 Å². The molecule has 8 rings (SSSR count). The van der Waals surface area contributed by atoms with E-state index in [1.165, 1.54) is 48.5 Å². The number of benzene rings is 6. The molecule has 0 bridgehead atoms. The molecule has 0 radical (unpaired) electrons. The number of aromatic nitrogens is 4. The van der Waals surface area contributed by atoms with Crippen LogP contribution in [0.25, 0.3) is 67.8 Å². The van der Waals surface area contributed by atoms with Crippen LogP contribution in [0, 0.1) is 40.5 Å². The van der Waals surface area contributed by atoms with Gasteiger partial charge in [-0.25, -0.2) is 9.97 Å². The van der Waals surface area contributed by atoms with E-state index in [-0.39, 0.29) is 22.7 Å². The second-order valence-electron chi connectivity index (χ2n) is 13.0. The molecule has 17 nitrogen and oxygen atoms in total. The van der Waals surface area contributed by atoms with Gasteiger partial charge in [0.05, 0.1) is 42.5 Å². The van der Waals surface area contributed by atoms with Crippen molar-refractivity contribution in [3.8, 4) is 79.3 Å². The van der Waals surface area contributed by atoms with Crippen molar-refractivity contribution in [2.24, 2.45) is 0 Å². The van der Waals surface area contributed by atoms with Gasteiger partial charge in [0.15, 0.2) is 0 Å². The number of nitrogens with zero attached hydrogens (tertiary/aromatic N) is 6. The lowest BCUT2D eigenvalue weighted by Gasteiger charge is -2.09. The van der Waals surface area contributed by atoms with Crippen LogP contribution in [0.15, 0.2) is 146 Å². The van der Waals surface area contributed by atoms with Crippen LogP contribution in [0.5, 0.6) is 11.5 Å². The zero-order valence-electron chi connectivity index (χ0n) is 30.2. The van der Waals surface area contributed by atoms with Gasteiger partial charge in [-0.05, 0) is 72.8 Å². The second kappa shape index (κ2) is 15.3. The summed E-state index contributed by atoms with van der Waals surface area (Å²) in [5, 5.41) is 45.6. The summed E-state index contributed by atoms with van der Waals surface area (Å²) in [6.07, 6.45) is 0. The third-order valence-electron chi connectivity index (χ3n) is 9.29. The van der Waals surface area contributed by atoms with Gasteiger partial charge in [0.1, 0.15) is 23.1 Å². The Morgan fingerprint density at radius 1 is 0.390 bits per heavy atom. The summed E-state index contributed by atoms with van der Waals surface area (Å²) in [7, 11) is 0. The first-order chi connectivity index (χ1) is 28.5. The number of nitro benzene ring substituents is 4. The Morgan fingerprint density at radius 3 is 1.07 bits per heavy atom. The number of nitro groups is 4. The maximum atomic E-state index is 11.5. The number of hydrogen-bond acceptors (Lipinski definition) is 11. The van der Waals surface area contributed by atoms with Crippen LogP contribution < -0.4 is 4.74 Å². The van der Waals surface area contributed by atoms with Crippen molar-refractivity contribution in [2.45, 2.75) is 0 Å². The zero-order chi connectivity index (χ0) is 41.2. The fraction of sp³-hybridized carbons (Fsp3) is 0. The molecule has 0 spiro atoms. The molecule has 59 heavy (non-hydrogen) atoms. The van der Waals surface area contributed by atoms with E-state index in [9.17, 15) is 40.5 Å². The fourth-order valence-corrected chi connectivity index (χ4v) is 6.39. The number of H-pyrrole nitrogens is 2. The minimum Gasteiger partial charge on any atom is -0.457 e. The van der Waals surface area contributed by atoms with Gasteiger partial charge < -0.3 is 14.7 Å². The Hall–Kier alpha value is -8.86. The van der Waals surface area contributed by atoms with E-state index in [1.807, 2.05) is 0 Å². The summed E-state index contributed by atoms with van der Waals surface area (Å²) in [5.74, 6) is 1.71. The highest BCUT2D eigenvalue weighted by atomic mass is 16.6. The molecule has 0 amide bonds. The lowest BCUT2D eigenvalue weighted by atomic mass is 10.0. The molecular formula is C42H26N8O9. The quantitative estimate of drug-likeness (QED) is 0.0871. The number of rotatable bonds is 12. The summed E-state index contributed by atoms with van der Waals surface area (Å²) in [5.41, 5.74) is 5.25. The fourth-order valence-electron chi connectivity index (χ4n) is 6.39. The van der Waals surface area contributed by atoms with Crippen LogP contribution in [0.4, 0.5) is 22.7 Å². The van der Waals surface area contributed by atoms with Crippen LogP contribution in [0.3, 0.4) is 0 Å². The predicted octanol–water partition coefficient (Wildman–Crippen LogP) is 10.6. The molecular weight excluding hydrogens is 761 g/mol. The average molecular weight is 787 g/mol. The molecule has 288 valence electrons. The number of nitrogens with one attached hydrogen (secondary N) is 2. The van der Waals surface area contributed by atoms with Crippen LogP contribution in [0.1, 0.15) is 0 Å². The number of ether oxygens (including phenoxy) is 1. The smallest absolute Gasteiger partial charge is 0.270 e. The summed E-state index contributed by atoms with van der Waals surface area (Å²) >= 11 is 0. The third kappa shape index (κ3) is 7.69. The van der Waals surface area contributed by atoms with Crippen molar-refractivity contribution in [3.63, 3.8) is 0 Å². The molecule has 0 atom stereocenters. The molecule has 0 aliphatic carbocycles. The lowest BCUT2D eigenvalue weighted by Crippen LogP contribution is -1.89. The van der Waals surface area contributed by atoms with Gasteiger partial charge in [-0.1, -0.05) is 24.3 Å². The van der Waals surface area contributed by atoms with Crippen LogP contribution in [-0.2, 0) is 0 Å². The van der Waals surface area contributed by atoms with E-state index in [1.54, 1.807) is 97.1 Å². The van der Waals surface area contributed by atoms with Crippen LogP contribution in [-0.4, -0.2) is 39.6 Å². The summed E-state index contributed by atoms with van der Waals surface area (Å²) in [6, 6.07) is 38.2. The van der Waals surface area contributed by atoms with Gasteiger partial charge in [0, 0.05) is 81.9 Å². The van der Waals surface area contributed by atoms with Crippen molar-refractivity contribution in [1.29, 1.82) is 0 Å². The van der Waals surface area contributed by atoms with Gasteiger partial charge in [-0.3, -0.25) is 40.5 Å². The van der Waals surface area contributed by atoms with E-state index >= 15 is 0 Å². The molecule has 2 aromatic heterocycles. The highest BCUT2D eigenvalue weighted by Gasteiger charge is 2.20. The molecule has 0 aliphatic rings. The molecule has 2 heterocycles. The number of imidazole rings is 2. The summed E-state index contributed by atoms with van der Waals surface area (Å²) < 4.78 is 6.17. The summed E-state index contributed by atoms with van der Waals surface area (Å²) in [6.45, 7) is 0. The molecule has 0 aliphatic heterocycles. The van der Waals surface area contributed by atoms with Crippen molar-refractivity contribution >= 4 is 22.7 Å². The Bertz CT molecular complexity index is 2710. The number of hydrogen-bond donors (Lipinski definition) is 2. The molecule has 17 heteroatoms. The van der Waals surface area contributed by atoms with Gasteiger partial charge in [0.2, 0.25) is 0 Å². The predicted molar refractivity (Wildman–Crippen MR) is 216 cm³/mol. The van der Waals surface area contributed by atoms with E-state index < -0.39 is 19.7 Å². The lowest BCUT2D eigenvalue weighted by molar-refractivity contribution is -0.385. The molecule has 0 saturated heterocycles. The van der Waals surface area contributed by atoms with Gasteiger partial charge in [-0.15, -0.1) is 0 Å². The Labute approximate surface area is 331 Å². The van der Waals surface area contributed by atoms with Gasteiger partial charge in [-0.2, -0.15) is 0 Å². The van der Waals surface area contributed by atoms with E-state index in [0.29, 0.717) is 79.3 Å². The highest BCUT2D eigenvalue weighted by molar-refractivity contribution is 5.83. The normalized spacial score (nSPS) is 10.9. The largest absolute Gasteiger partial charge is 0.457 e. The average Bonchev–Trinajstić information content (AvgIpc) is 3.91. The Morgan fingerprint density at radius 2 is 0.729 bits per heavy atom. The first-order valence-electron chi connectivity index (χ1n) is 17.6. The molecule has 0 saturated carbocycles. The molecule has 0 fully saturated rings. The minimum absolute atomic E-state index is 0.0808. The van der Waals surface area contributed by atoms with Crippen molar-refractivity contribution in [2.75, 3.05) is 0 Å². The molecule has 2 N–H and O–H groups in total. The van der Waals surface area contributed by atoms with E-state index in [0.717, 1.165) is 0 Å². The van der Waals surface area contributed by atoms with Crippen molar-refractivity contribution < 1.29 is 24.4 Å². The Kier molecular flexibility index (Phi) is 9.65. The summed E-state index contributed by atoms with van der Waals surface area (Å²) in [4.78, 5) is 59.7. The zero-order valence-corrected chi connectivity index (χ0v) is 30.2. The standard InChI is InChI=1S/C42H26N8O9/c51-47(52)31-15-7-25(8-16-31)37-39(45-41(43-37)29-3-1-5-33(23-29)49(55)56)27-11-19-35(20-12-27)59-36-21-13-28(14-22-36)40-38(26-9-17-32(18-10-26)48(53)54)44-42(46-40)30-4-2-6-34(24-30)50(57)58/h1-24H,(H,43,45)(H,44,46). The Balaban J connectivity index is 1.08. The van der Waals surface area contributed by atoms with E-state index in [4.69, 9.17) is 14.7 Å². The van der Waals surface area contributed by atoms with Gasteiger partial charge >= 0.3 is 0 Å². The topological polar surface area (TPSA) is 239 Å². The number of non-ortho nitro benzene ring substituents is 4. The maximum Gasteiger partial charge on any atom is 0.270 e. The minimum atomic E-state index is -0.494. The molecule has 0 unspecified atom stereocenters. The molecule has 8 aromatic rings. The van der Waals surface area contributed by atoms with Crippen LogP contribution >= 0.6 is 0 Å². The number of aromatic amines is 2. The first-order valence-corrected chi connectivity index (χ1v) is 17.6. The maximum absolute atomic E-state index is 11.5. The molecule has 6 aromatic carbocycles. The first kappa shape index (κ1) is 37.1. The highest BCUT2D eigenvalue weighted by Crippen LogP contribution is 2.38. The monoisotopic (exact) mass is 786 g/mol.